The molecule has 0 spiro atoms. The quantitative estimate of drug-likeness (QED) is 0.858. The van der Waals surface area contributed by atoms with E-state index in [2.05, 4.69) is 54.4 Å². The Morgan fingerprint density at radius 2 is 2.06 bits per heavy atom. The van der Waals surface area contributed by atoms with Gasteiger partial charge in [-0.25, -0.2) is 0 Å². The molecule has 0 amide bonds. The zero-order valence-electron chi connectivity index (χ0n) is 11.0. The molecule has 1 unspecified atom stereocenters. The lowest BCUT2D eigenvalue weighted by Gasteiger charge is -2.34. The molecule has 0 aliphatic carbocycles. The molecular formula is C15H24N2. The van der Waals surface area contributed by atoms with E-state index in [0.717, 1.165) is 6.54 Å². The summed E-state index contributed by atoms with van der Waals surface area (Å²) >= 11 is 0. The monoisotopic (exact) mass is 232 g/mol. The van der Waals surface area contributed by atoms with Crippen LogP contribution in [0, 0.1) is 0 Å². The van der Waals surface area contributed by atoms with Crippen LogP contribution in [-0.4, -0.2) is 30.1 Å². The summed E-state index contributed by atoms with van der Waals surface area (Å²) in [6.45, 7) is 7.99. The smallest absolute Gasteiger partial charge is 0.0234 e. The Hall–Kier alpha value is -0.860. The van der Waals surface area contributed by atoms with Crippen molar-refractivity contribution >= 4 is 0 Å². The first-order valence-corrected chi connectivity index (χ1v) is 6.76. The Morgan fingerprint density at radius 1 is 1.29 bits per heavy atom. The van der Waals surface area contributed by atoms with Crippen LogP contribution in [0.5, 0.6) is 0 Å². The van der Waals surface area contributed by atoms with E-state index in [1.54, 1.807) is 0 Å². The van der Waals surface area contributed by atoms with Gasteiger partial charge in [0.1, 0.15) is 0 Å². The van der Waals surface area contributed by atoms with Crippen molar-refractivity contribution in [1.29, 1.82) is 0 Å². The van der Waals surface area contributed by atoms with Crippen LogP contribution >= 0.6 is 0 Å². The fourth-order valence-corrected chi connectivity index (χ4v) is 2.65. The van der Waals surface area contributed by atoms with Crippen LogP contribution in [0.2, 0.25) is 0 Å². The van der Waals surface area contributed by atoms with Gasteiger partial charge in [-0.2, -0.15) is 0 Å². The van der Waals surface area contributed by atoms with Crippen molar-refractivity contribution in [2.24, 2.45) is 0 Å². The zero-order valence-corrected chi connectivity index (χ0v) is 11.0. The maximum absolute atomic E-state index is 3.66. The van der Waals surface area contributed by atoms with Gasteiger partial charge in [0.25, 0.3) is 0 Å². The second kappa shape index (κ2) is 6.18. The number of nitrogens with one attached hydrogen (secondary N) is 1. The second-order valence-electron chi connectivity index (χ2n) is 5.38. The van der Waals surface area contributed by atoms with Gasteiger partial charge in [-0.15, -0.1) is 0 Å². The van der Waals surface area contributed by atoms with Crippen molar-refractivity contribution in [2.75, 3.05) is 13.1 Å². The Kier molecular flexibility index (Phi) is 4.57. The fourth-order valence-electron chi connectivity index (χ4n) is 2.65. The third-order valence-electron chi connectivity index (χ3n) is 3.32. The van der Waals surface area contributed by atoms with E-state index in [1.165, 1.54) is 31.5 Å². The van der Waals surface area contributed by atoms with Crippen LogP contribution in [-0.2, 0) is 6.54 Å². The number of rotatable bonds is 4. The lowest BCUT2D eigenvalue weighted by Crippen LogP contribution is -2.47. The highest BCUT2D eigenvalue weighted by molar-refractivity contribution is 5.14. The molecule has 1 aliphatic heterocycles. The summed E-state index contributed by atoms with van der Waals surface area (Å²) in [5.41, 5.74) is 1.43. The Bertz CT molecular complexity index is 321. The third-order valence-corrected chi connectivity index (χ3v) is 3.32. The van der Waals surface area contributed by atoms with Crippen molar-refractivity contribution in [2.45, 2.75) is 45.3 Å². The van der Waals surface area contributed by atoms with Crippen molar-refractivity contribution in [1.82, 2.24) is 10.2 Å². The minimum Gasteiger partial charge on any atom is -0.311 e. The molecule has 2 rings (SSSR count). The SMILES string of the molecule is CC(C)NC1CCCN(Cc2ccccc2)C1. The molecule has 94 valence electrons. The number of piperidine rings is 1. The molecule has 1 aliphatic rings. The van der Waals surface area contributed by atoms with Gasteiger partial charge in [-0.1, -0.05) is 44.2 Å². The number of likely N-dealkylation sites (tertiary alicyclic amines) is 1. The van der Waals surface area contributed by atoms with Gasteiger partial charge in [-0.05, 0) is 24.9 Å². The molecule has 0 aromatic heterocycles. The lowest BCUT2D eigenvalue weighted by molar-refractivity contribution is 0.178. The van der Waals surface area contributed by atoms with Crippen LogP contribution in [0.4, 0.5) is 0 Å². The first-order chi connectivity index (χ1) is 8.24. The third kappa shape index (κ3) is 4.14. The van der Waals surface area contributed by atoms with E-state index in [1.807, 2.05) is 0 Å². The number of nitrogens with zero attached hydrogens (tertiary/aromatic N) is 1. The van der Waals surface area contributed by atoms with E-state index < -0.39 is 0 Å². The van der Waals surface area contributed by atoms with E-state index in [9.17, 15) is 0 Å². The average molecular weight is 232 g/mol. The summed E-state index contributed by atoms with van der Waals surface area (Å²) < 4.78 is 0. The van der Waals surface area contributed by atoms with Gasteiger partial charge in [0.15, 0.2) is 0 Å². The molecule has 1 N–H and O–H groups in total. The van der Waals surface area contributed by atoms with Crippen LogP contribution < -0.4 is 5.32 Å². The number of hydrogen-bond donors (Lipinski definition) is 1. The first kappa shape index (κ1) is 12.6. The summed E-state index contributed by atoms with van der Waals surface area (Å²) in [5.74, 6) is 0. The summed E-state index contributed by atoms with van der Waals surface area (Å²) in [4.78, 5) is 2.57. The molecule has 1 aromatic rings. The minimum absolute atomic E-state index is 0.594. The van der Waals surface area contributed by atoms with Gasteiger partial charge in [0, 0.05) is 25.2 Å². The highest BCUT2D eigenvalue weighted by Crippen LogP contribution is 2.14. The van der Waals surface area contributed by atoms with E-state index in [4.69, 9.17) is 0 Å². The van der Waals surface area contributed by atoms with Crippen LogP contribution in [0.15, 0.2) is 30.3 Å². The Morgan fingerprint density at radius 3 is 2.76 bits per heavy atom. The van der Waals surface area contributed by atoms with Gasteiger partial charge in [-0.3, -0.25) is 4.90 Å². The summed E-state index contributed by atoms with van der Waals surface area (Å²) in [6.07, 6.45) is 2.64. The molecule has 2 nitrogen and oxygen atoms in total. The second-order valence-corrected chi connectivity index (χ2v) is 5.38. The first-order valence-electron chi connectivity index (χ1n) is 6.76. The standard InChI is InChI=1S/C15H24N2/c1-13(2)16-15-9-6-10-17(12-15)11-14-7-4-3-5-8-14/h3-5,7-8,13,15-16H,6,9-12H2,1-2H3. The number of benzene rings is 1. The summed E-state index contributed by atoms with van der Waals surface area (Å²) in [6, 6.07) is 12.1. The van der Waals surface area contributed by atoms with E-state index in [0.29, 0.717) is 12.1 Å². The van der Waals surface area contributed by atoms with E-state index >= 15 is 0 Å². The van der Waals surface area contributed by atoms with Crippen LogP contribution in [0.3, 0.4) is 0 Å². The average Bonchev–Trinajstić information content (AvgIpc) is 2.30. The molecule has 0 bridgehead atoms. The van der Waals surface area contributed by atoms with Gasteiger partial charge < -0.3 is 5.32 Å². The molecule has 1 saturated heterocycles. The van der Waals surface area contributed by atoms with Gasteiger partial charge >= 0.3 is 0 Å². The van der Waals surface area contributed by atoms with Crippen molar-refractivity contribution in [3.05, 3.63) is 35.9 Å². The Balaban J connectivity index is 1.85. The molecule has 0 saturated carbocycles. The normalized spacial score (nSPS) is 21.9. The largest absolute Gasteiger partial charge is 0.311 e. The number of hydrogen-bond acceptors (Lipinski definition) is 2. The molecule has 1 aromatic carbocycles. The molecule has 2 heteroatoms. The maximum Gasteiger partial charge on any atom is 0.0234 e. The molecule has 1 heterocycles. The van der Waals surface area contributed by atoms with Crippen molar-refractivity contribution < 1.29 is 0 Å². The zero-order chi connectivity index (χ0) is 12.1. The predicted octanol–water partition coefficient (Wildman–Crippen LogP) is 2.65. The molecular weight excluding hydrogens is 208 g/mol. The topological polar surface area (TPSA) is 15.3 Å². The molecule has 17 heavy (non-hydrogen) atoms. The van der Waals surface area contributed by atoms with Crippen molar-refractivity contribution in [3.8, 4) is 0 Å². The van der Waals surface area contributed by atoms with Gasteiger partial charge in [0.05, 0.1) is 0 Å². The molecule has 1 atom stereocenters. The summed E-state index contributed by atoms with van der Waals surface area (Å²) in [7, 11) is 0. The minimum atomic E-state index is 0.594. The predicted molar refractivity (Wildman–Crippen MR) is 73.0 cm³/mol. The summed E-state index contributed by atoms with van der Waals surface area (Å²) in [5, 5.41) is 3.66. The fraction of sp³-hybridized carbons (Fsp3) is 0.600. The van der Waals surface area contributed by atoms with E-state index in [-0.39, 0.29) is 0 Å². The van der Waals surface area contributed by atoms with Crippen LogP contribution in [0.1, 0.15) is 32.3 Å². The Labute approximate surface area is 105 Å². The van der Waals surface area contributed by atoms with Crippen molar-refractivity contribution in [3.63, 3.8) is 0 Å². The van der Waals surface area contributed by atoms with Gasteiger partial charge in [0.2, 0.25) is 0 Å². The maximum atomic E-state index is 3.66. The highest BCUT2D eigenvalue weighted by atomic mass is 15.2. The lowest BCUT2D eigenvalue weighted by atomic mass is 10.0. The highest BCUT2D eigenvalue weighted by Gasteiger charge is 2.19. The molecule has 1 fully saturated rings. The van der Waals surface area contributed by atoms with Crippen LogP contribution in [0.25, 0.3) is 0 Å². The molecule has 0 radical (unpaired) electrons.